The maximum absolute atomic E-state index is 12.3. The summed E-state index contributed by atoms with van der Waals surface area (Å²) in [4.78, 5) is 12.3. The number of carbonyl (C=O) groups excluding carboxylic acids is 1. The van der Waals surface area contributed by atoms with Crippen LogP contribution in [0.25, 0.3) is 0 Å². The standard InChI is InChI=1S/C13H24N2O2/c1-8(2)7-15-11(16)13(14)9-5-6-17-10(9)12(13,3)4/h8-10H,5-7,14H2,1-4H3,(H,15,16). The molecule has 1 saturated heterocycles. The van der Waals surface area contributed by atoms with Gasteiger partial charge in [0.1, 0.15) is 5.54 Å². The maximum atomic E-state index is 12.3. The summed E-state index contributed by atoms with van der Waals surface area (Å²) in [7, 11) is 0. The zero-order chi connectivity index (χ0) is 12.8. The van der Waals surface area contributed by atoms with Crippen molar-refractivity contribution >= 4 is 5.91 Å². The van der Waals surface area contributed by atoms with Crippen molar-refractivity contribution in [3.63, 3.8) is 0 Å². The van der Waals surface area contributed by atoms with E-state index in [2.05, 4.69) is 19.2 Å². The molecule has 1 aliphatic carbocycles. The number of nitrogens with one attached hydrogen (secondary N) is 1. The molecule has 1 saturated carbocycles. The normalized spacial score (nSPS) is 38.7. The molecular weight excluding hydrogens is 216 g/mol. The monoisotopic (exact) mass is 240 g/mol. The lowest BCUT2D eigenvalue weighted by atomic mass is 9.48. The second-order valence-corrected chi connectivity index (χ2v) is 6.38. The van der Waals surface area contributed by atoms with Crippen LogP contribution in [0.3, 0.4) is 0 Å². The van der Waals surface area contributed by atoms with Gasteiger partial charge in [-0.1, -0.05) is 27.7 Å². The highest BCUT2D eigenvalue weighted by Gasteiger charge is 2.71. The molecule has 1 aliphatic heterocycles. The van der Waals surface area contributed by atoms with Gasteiger partial charge in [-0.05, 0) is 12.3 Å². The summed E-state index contributed by atoms with van der Waals surface area (Å²) in [5.74, 6) is 0.619. The lowest BCUT2D eigenvalue weighted by Gasteiger charge is -2.60. The van der Waals surface area contributed by atoms with E-state index in [9.17, 15) is 4.79 Å². The number of amides is 1. The van der Waals surface area contributed by atoms with Crippen LogP contribution in [0.15, 0.2) is 0 Å². The van der Waals surface area contributed by atoms with Gasteiger partial charge in [-0.3, -0.25) is 4.79 Å². The van der Waals surface area contributed by atoms with E-state index in [0.29, 0.717) is 12.5 Å². The van der Waals surface area contributed by atoms with Crippen LogP contribution in [0.5, 0.6) is 0 Å². The first-order valence-corrected chi connectivity index (χ1v) is 6.50. The number of carbonyl (C=O) groups is 1. The molecule has 17 heavy (non-hydrogen) atoms. The number of hydrogen-bond acceptors (Lipinski definition) is 3. The molecule has 3 unspecified atom stereocenters. The van der Waals surface area contributed by atoms with Gasteiger partial charge < -0.3 is 15.8 Å². The van der Waals surface area contributed by atoms with Crippen LogP contribution in [-0.4, -0.2) is 30.7 Å². The smallest absolute Gasteiger partial charge is 0.241 e. The molecular formula is C13H24N2O2. The van der Waals surface area contributed by atoms with Gasteiger partial charge in [-0.2, -0.15) is 0 Å². The SMILES string of the molecule is CC(C)CNC(=O)C1(N)C2CCOC2C1(C)C. The Morgan fingerprint density at radius 1 is 1.53 bits per heavy atom. The van der Waals surface area contributed by atoms with Gasteiger partial charge in [-0.25, -0.2) is 0 Å². The zero-order valence-electron chi connectivity index (χ0n) is 11.2. The van der Waals surface area contributed by atoms with Crippen molar-refractivity contribution in [1.29, 1.82) is 0 Å². The molecule has 0 aromatic rings. The summed E-state index contributed by atoms with van der Waals surface area (Å²) in [6.07, 6.45) is 1.05. The minimum absolute atomic E-state index is 0.0112. The van der Waals surface area contributed by atoms with Gasteiger partial charge in [0, 0.05) is 24.5 Å². The third-order valence-corrected chi connectivity index (χ3v) is 4.50. The Morgan fingerprint density at radius 3 is 2.76 bits per heavy atom. The van der Waals surface area contributed by atoms with Crippen LogP contribution < -0.4 is 11.1 Å². The van der Waals surface area contributed by atoms with Crippen molar-refractivity contribution in [1.82, 2.24) is 5.32 Å². The fourth-order valence-corrected chi connectivity index (χ4v) is 3.29. The lowest BCUT2D eigenvalue weighted by molar-refractivity contribution is -0.175. The van der Waals surface area contributed by atoms with Crippen LogP contribution in [0, 0.1) is 17.3 Å². The van der Waals surface area contributed by atoms with E-state index in [0.717, 1.165) is 13.0 Å². The summed E-state index contributed by atoms with van der Waals surface area (Å²) in [6, 6.07) is 0. The molecule has 0 aromatic heterocycles. The number of rotatable bonds is 3. The Morgan fingerprint density at radius 2 is 2.18 bits per heavy atom. The number of fused-ring (bicyclic) bond motifs is 1. The van der Waals surface area contributed by atoms with Crippen molar-refractivity contribution in [2.45, 2.75) is 45.8 Å². The molecule has 1 amide bonds. The predicted octanol–water partition coefficient (Wildman–Crippen LogP) is 0.901. The summed E-state index contributed by atoms with van der Waals surface area (Å²) in [5, 5.41) is 2.97. The molecule has 4 nitrogen and oxygen atoms in total. The molecule has 1 heterocycles. The minimum Gasteiger partial charge on any atom is -0.377 e. The number of ether oxygens (including phenoxy) is 1. The molecule has 4 heteroatoms. The maximum Gasteiger partial charge on any atom is 0.241 e. The zero-order valence-corrected chi connectivity index (χ0v) is 11.2. The number of hydrogen-bond donors (Lipinski definition) is 2. The van der Waals surface area contributed by atoms with Crippen molar-refractivity contribution in [3.05, 3.63) is 0 Å². The topological polar surface area (TPSA) is 64.4 Å². The number of nitrogens with two attached hydrogens (primary N) is 1. The van der Waals surface area contributed by atoms with Gasteiger partial charge in [0.05, 0.1) is 6.10 Å². The molecule has 0 bridgehead atoms. The molecule has 0 radical (unpaired) electrons. The van der Waals surface area contributed by atoms with E-state index in [4.69, 9.17) is 10.5 Å². The van der Waals surface area contributed by atoms with E-state index in [1.807, 2.05) is 13.8 Å². The lowest BCUT2D eigenvalue weighted by Crippen LogP contribution is -2.80. The van der Waals surface area contributed by atoms with E-state index in [1.165, 1.54) is 0 Å². The summed E-state index contributed by atoms with van der Waals surface area (Å²) >= 11 is 0. The van der Waals surface area contributed by atoms with Crippen LogP contribution >= 0.6 is 0 Å². The summed E-state index contributed by atoms with van der Waals surface area (Å²) in [5.41, 5.74) is 5.37. The van der Waals surface area contributed by atoms with Gasteiger partial charge >= 0.3 is 0 Å². The first kappa shape index (κ1) is 12.8. The largest absolute Gasteiger partial charge is 0.377 e. The highest BCUT2D eigenvalue weighted by molar-refractivity contribution is 5.89. The van der Waals surface area contributed by atoms with Crippen molar-refractivity contribution < 1.29 is 9.53 Å². The van der Waals surface area contributed by atoms with Gasteiger partial charge in [0.15, 0.2) is 0 Å². The average molecular weight is 240 g/mol. The van der Waals surface area contributed by atoms with E-state index < -0.39 is 5.54 Å². The Kier molecular flexibility index (Phi) is 2.99. The van der Waals surface area contributed by atoms with Gasteiger partial charge in [0.25, 0.3) is 0 Å². The van der Waals surface area contributed by atoms with Crippen molar-refractivity contribution in [3.8, 4) is 0 Å². The third kappa shape index (κ3) is 1.61. The Hall–Kier alpha value is -0.610. The Labute approximate surface area is 103 Å². The van der Waals surface area contributed by atoms with Crippen LogP contribution in [-0.2, 0) is 9.53 Å². The molecule has 0 spiro atoms. The van der Waals surface area contributed by atoms with Gasteiger partial charge in [-0.15, -0.1) is 0 Å². The quantitative estimate of drug-likeness (QED) is 0.770. The molecule has 3 atom stereocenters. The molecule has 0 aromatic carbocycles. The fourth-order valence-electron chi connectivity index (χ4n) is 3.29. The van der Waals surface area contributed by atoms with Crippen molar-refractivity contribution in [2.24, 2.45) is 23.0 Å². The third-order valence-electron chi connectivity index (χ3n) is 4.50. The summed E-state index contributed by atoms with van der Waals surface area (Å²) in [6.45, 7) is 9.65. The average Bonchev–Trinajstić information content (AvgIpc) is 2.72. The minimum atomic E-state index is -0.761. The summed E-state index contributed by atoms with van der Waals surface area (Å²) < 4.78 is 5.68. The van der Waals surface area contributed by atoms with E-state index >= 15 is 0 Å². The van der Waals surface area contributed by atoms with Crippen LogP contribution in [0.2, 0.25) is 0 Å². The van der Waals surface area contributed by atoms with Crippen molar-refractivity contribution in [2.75, 3.05) is 13.2 Å². The predicted molar refractivity (Wildman–Crippen MR) is 66.4 cm³/mol. The van der Waals surface area contributed by atoms with Crippen LogP contribution in [0.1, 0.15) is 34.1 Å². The molecule has 3 N–H and O–H groups in total. The molecule has 2 aliphatic rings. The van der Waals surface area contributed by atoms with E-state index in [-0.39, 0.29) is 23.3 Å². The Bertz CT molecular complexity index is 327. The first-order chi connectivity index (χ1) is 7.81. The second kappa shape index (κ2) is 3.95. The Balaban J connectivity index is 2.10. The fraction of sp³-hybridized carbons (Fsp3) is 0.923. The molecule has 2 rings (SSSR count). The molecule has 2 fully saturated rings. The van der Waals surface area contributed by atoms with Gasteiger partial charge in [0.2, 0.25) is 5.91 Å². The van der Waals surface area contributed by atoms with Crippen LogP contribution in [0.4, 0.5) is 0 Å². The van der Waals surface area contributed by atoms with E-state index in [1.54, 1.807) is 0 Å². The second-order valence-electron chi connectivity index (χ2n) is 6.38. The highest BCUT2D eigenvalue weighted by atomic mass is 16.5. The molecule has 98 valence electrons. The first-order valence-electron chi connectivity index (χ1n) is 6.50. The highest BCUT2D eigenvalue weighted by Crippen LogP contribution is 2.58.